The molecular formula is C43H41N5O6. The molecule has 2 atom stereocenters. The molecule has 11 heteroatoms. The lowest BCUT2D eigenvalue weighted by Crippen LogP contribution is -2.32. The predicted molar refractivity (Wildman–Crippen MR) is 210 cm³/mol. The lowest BCUT2D eigenvalue weighted by atomic mass is 10.0. The first-order valence-corrected chi connectivity index (χ1v) is 18.0. The number of ether oxygens (including phenoxy) is 4. The molecule has 274 valence electrons. The van der Waals surface area contributed by atoms with E-state index in [-0.39, 0.29) is 23.9 Å². The van der Waals surface area contributed by atoms with E-state index in [2.05, 4.69) is 17.4 Å². The van der Waals surface area contributed by atoms with Crippen molar-refractivity contribution in [1.29, 1.82) is 0 Å². The number of carbonyl (C=O) groups is 2. The molecule has 4 aromatic carbocycles. The Morgan fingerprint density at radius 3 is 1.78 bits per heavy atom. The third-order valence-electron chi connectivity index (χ3n) is 10.2. The van der Waals surface area contributed by atoms with Gasteiger partial charge in [-0.25, -0.2) is 0 Å². The van der Waals surface area contributed by atoms with Gasteiger partial charge in [-0.2, -0.15) is 0 Å². The van der Waals surface area contributed by atoms with Crippen molar-refractivity contribution in [2.45, 2.75) is 38.3 Å². The third-order valence-corrected chi connectivity index (χ3v) is 10.2. The van der Waals surface area contributed by atoms with Gasteiger partial charge >= 0.3 is 0 Å². The minimum Gasteiger partial charge on any atom is -0.497 e. The SMILES string of the molecule is CNc1ccc(C2=CN3C(=O)c4cc(OC)c(OCCCOc5cc6c(cc5C)C(=O)N5C=C(c7ccc(OC)cc7)C[C@H]5C=N6)cc4N=C[C@@H]3C2)cc1. The molecule has 0 bridgehead atoms. The van der Waals surface area contributed by atoms with Gasteiger partial charge in [0.15, 0.2) is 11.5 Å². The molecule has 1 N–H and O–H groups in total. The fourth-order valence-electron chi connectivity index (χ4n) is 7.23. The number of amides is 2. The van der Waals surface area contributed by atoms with Crippen molar-refractivity contribution in [3.8, 4) is 23.0 Å². The summed E-state index contributed by atoms with van der Waals surface area (Å²) in [5.74, 6) is 2.20. The highest BCUT2D eigenvalue weighted by atomic mass is 16.5. The normalized spacial score (nSPS) is 18.1. The van der Waals surface area contributed by atoms with Crippen molar-refractivity contribution in [2.75, 3.05) is 39.8 Å². The Bertz CT molecular complexity index is 2240. The Labute approximate surface area is 314 Å². The number of anilines is 1. The summed E-state index contributed by atoms with van der Waals surface area (Å²) in [5.41, 5.74) is 8.30. The average Bonchev–Trinajstić information content (AvgIpc) is 3.78. The van der Waals surface area contributed by atoms with Crippen molar-refractivity contribution < 1.29 is 28.5 Å². The second-order valence-corrected chi connectivity index (χ2v) is 13.6. The summed E-state index contributed by atoms with van der Waals surface area (Å²) in [6, 6.07) is 22.9. The van der Waals surface area contributed by atoms with E-state index in [0.29, 0.717) is 72.2 Å². The van der Waals surface area contributed by atoms with Crippen molar-refractivity contribution in [3.63, 3.8) is 0 Å². The standard InChI is InChI=1S/C43H41N5O6/c1-26-16-35-37(45-22-32-18-30(25-47(32)42(35)49)28-8-12-34(51-3)13-9-28)20-39(26)53-14-5-15-54-41-21-38-36(19-40(41)52-4)43(50)48-24-29(17-33(48)23-46-38)27-6-10-31(44-2)11-7-27/h6-13,16,19-25,32-33,44H,5,14-15,17-18H2,1-4H3/t32-,33-/m0/s1. The summed E-state index contributed by atoms with van der Waals surface area (Å²) < 4.78 is 23.2. The third kappa shape index (κ3) is 6.57. The Balaban J connectivity index is 0.893. The molecule has 11 nitrogen and oxygen atoms in total. The van der Waals surface area contributed by atoms with Crippen LogP contribution in [0.4, 0.5) is 17.1 Å². The molecule has 4 aliphatic rings. The van der Waals surface area contributed by atoms with Crippen molar-refractivity contribution in [1.82, 2.24) is 9.80 Å². The molecule has 0 saturated carbocycles. The maximum atomic E-state index is 13.7. The molecule has 0 radical (unpaired) electrons. The number of nitrogens with zero attached hydrogens (tertiary/aromatic N) is 4. The highest BCUT2D eigenvalue weighted by Gasteiger charge is 2.35. The number of hydrogen-bond donors (Lipinski definition) is 1. The number of hydrogen-bond acceptors (Lipinski definition) is 9. The quantitative estimate of drug-likeness (QED) is 0.157. The highest BCUT2D eigenvalue weighted by molar-refractivity contribution is 6.06. The van der Waals surface area contributed by atoms with Gasteiger partial charge in [0, 0.05) is 69.0 Å². The van der Waals surface area contributed by atoms with Gasteiger partial charge < -0.3 is 34.1 Å². The van der Waals surface area contributed by atoms with Gasteiger partial charge in [0.2, 0.25) is 0 Å². The maximum absolute atomic E-state index is 13.7. The number of aliphatic imine (C=N–C) groups is 2. The summed E-state index contributed by atoms with van der Waals surface area (Å²) in [6.07, 6.45) is 9.47. The molecular weight excluding hydrogens is 683 g/mol. The second kappa shape index (κ2) is 14.6. The number of aryl methyl sites for hydroxylation is 1. The van der Waals surface area contributed by atoms with Crippen LogP contribution in [0.3, 0.4) is 0 Å². The highest BCUT2D eigenvalue weighted by Crippen LogP contribution is 2.41. The Morgan fingerprint density at radius 2 is 1.22 bits per heavy atom. The van der Waals surface area contributed by atoms with E-state index in [9.17, 15) is 9.59 Å². The number of rotatable bonds is 11. The van der Waals surface area contributed by atoms with Crippen molar-refractivity contribution in [3.05, 3.63) is 113 Å². The van der Waals surface area contributed by atoms with Crippen LogP contribution in [0.1, 0.15) is 56.7 Å². The zero-order chi connectivity index (χ0) is 37.3. The van der Waals surface area contributed by atoms with Crippen LogP contribution in [0.2, 0.25) is 0 Å². The van der Waals surface area contributed by atoms with Crippen LogP contribution in [0.15, 0.2) is 95.2 Å². The molecule has 0 aliphatic carbocycles. The monoisotopic (exact) mass is 723 g/mol. The van der Waals surface area contributed by atoms with Crippen LogP contribution in [-0.4, -0.2) is 80.6 Å². The van der Waals surface area contributed by atoms with Crippen LogP contribution in [0.5, 0.6) is 23.0 Å². The number of carbonyl (C=O) groups excluding carboxylic acids is 2. The molecule has 0 aromatic heterocycles. The molecule has 54 heavy (non-hydrogen) atoms. The van der Waals surface area contributed by atoms with E-state index >= 15 is 0 Å². The van der Waals surface area contributed by atoms with E-state index in [0.717, 1.165) is 39.3 Å². The van der Waals surface area contributed by atoms with Crippen LogP contribution in [0, 0.1) is 6.92 Å². The van der Waals surface area contributed by atoms with Crippen molar-refractivity contribution in [2.24, 2.45) is 9.98 Å². The topological polar surface area (TPSA) is 114 Å². The summed E-state index contributed by atoms with van der Waals surface area (Å²) >= 11 is 0. The van der Waals surface area contributed by atoms with Gasteiger partial charge in [-0.15, -0.1) is 0 Å². The molecule has 4 aliphatic heterocycles. The van der Waals surface area contributed by atoms with Crippen LogP contribution in [-0.2, 0) is 0 Å². The number of methoxy groups -OCH3 is 2. The van der Waals surface area contributed by atoms with Crippen LogP contribution < -0.4 is 24.3 Å². The van der Waals surface area contributed by atoms with Crippen LogP contribution >= 0.6 is 0 Å². The van der Waals surface area contributed by atoms with Crippen LogP contribution in [0.25, 0.3) is 11.1 Å². The first-order chi connectivity index (χ1) is 26.3. The van der Waals surface area contributed by atoms with E-state index < -0.39 is 0 Å². The van der Waals surface area contributed by atoms with E-state index in [4.69, 9.17) is 28.9 Å². The Morgan fingerprint density at radius 1 is 0.685 bits per heavy atom. The molecule has 4 heterocycles. The maximum Gasteiger partial charge on any atom is 0.260 e. The molecule has 0 spiro atoms. The Kier molecular flexibility index (Phi) is 9.37. The zero-order valence-electron chi connectivity index (χ0n) is 30.7. The van der Waals surface area contributed by atoms with E-state index in [1.54, 1.807) is 36.2 Å². The largest absolute Gasteiger partial charge is 0.497 e. The number of nitrogens with one attached hydrogen (secondary N) is 1. The van der Waals surface area contributed by atoms with E-state index in [1.807, 2.05) is 87.3 Å². The van der Waals surface area contributed by atoms with Gasteiger partial charge in [-0.3, -0.25) is 19.6 Å². The smallest absolute Gasteiger partial charge is 0.260 e. The molecule has 0 fully saturated rings. The second-order valence-electron chi connectivity index (χ2n) is 13.6. The summed E-state index contributed by atoms with van der Waals surface area (Å²) in [4.78, 5) is 40.4. The van der Waals surface area contributed by atoms with E-state index in [1.165, 1.54) is 0 Å². The predicted octanol–water partition coefficient (Wildman–Crippen LogP) is 7.84. The minimum absolute atomic E-state index is 0.0861. The number of fused-ring (bicyclic) bond motifs is 4. The molecule has 8 rings (SSSR count). The molecule has 4 aromatic rings. The average molecular weight is 724 g/mol. The zero-order valence-corrected chi connectivity index (χ0v) is 30.7. The van der Waals surface area contributed by atoms with Gasteiger partial charge in [0.05, 0.1) is 62.0 Å². The fraction of sp³-hybridized carbons (Fsp3) is 0.256. The van der Waals surface area contributed by atoms with Gasteiger partial charge in [0.1, 0.15) is 11.5 Å². The Hall–Kier alpha value is -6.36. The van der Waals surface area contributed by atoms with Gasteiger partial charge in [0.25, 0.3) is 11.8 Å². The lowest BCUT2D eigenvalue weighted by Gasteiger charge is -2.19. The summed E-state index contributed by atoms with van der Waals surface area (Å²) in [6.45, 7) is 2.66. The fourth-order valence-corrected chi connectivity index (χ4v) is 7.23. The molecule has 0 saturated heterocycles. The first-order valence-electron chi connectivity index (χ1n) is 18.0. The minimum atomic E-state index is -0.177. The van der Waals surface area contributed by atoms with Crippen molar-refractivity contribution >= 4 is 52.5 Å². The summed E-state index contributed by atoms with van der Waals surface area (Å²) in [7, 11) is 5.09. The van der Waals surface area contributed by atoms with Gasteiger partial charge in [-0.1, -0.05) is 24.3 Å². The molecule has 2 amide bonds. The first kappa shape index (κ1) is 34.7. The number of benzene rings is 4. The molecule has 0 unspecified atom stereocenters. The summed E-state index contributed by atoms with van der Waals surface area (Å²) in [5, 5.41) is 3.14. The lowest BCUT2D eigenvalue weighted by molar-refractivity contribution is 0.0809. The van der Waals surface area contributed by atoms with Gasteiger partial charge in [-0.05, 0) is 71.2 Å².